The maximum absolute atomic E-state index is 9.98. The minimum Gasteiger partial charge on any atom is -0.508 e. The topological polar surface area (TPSA) is 32.7 Å². The van der Waals surface area contributed by atoms with E-state index in [0.29, 0.717) is 17.7 Å². The van der Waals surface area contributed by atoms with Crippen molar-refractivity contribution >= 4 is 0 Å². The lowest BCUT2D eigenvalue weighted by atomic mass is 9.81. The van der Waals surface area contributed by atoms with Crippen LogP contribution in [0.15, 0.2) is 18.2 Å². The highest BCUT2D eigenvalue weighted by atomic mass is 16.5. The van der Waals surface area contributed by atoms with Crippen molar-refractivity contribution in [3.05, 3.63) is 23.8 Å². The van der Waals surface area contributed by atoms with Crippen LogP contribution in [0.3, 0.4) is 0 Å². The molecule has 1 saturated heterocycles. The van der Waals surface area contributed by atoms with Crippen LogP contribution in [-0.4, -0.2) is 36.2 Å². The van der Waals surface area contributed by atoms with E-state index in [1.165, 1.54) is 6.42 Å². The third kappa shape index (κ3) is 1.39. The Kier molecular flexibility index (Phi) is 2.28. The van der Waals surface area contributed by atoms with Crippen molar-refractivity contribution in [2.45, 2.75) is 24.8 Å². The SMILES string of the molecule is CN1CCC[C@H]2c3c(O)cccc3OC[C@@H]21. The molecule has 1 aromatic carbocycles. The molecule has 0 radical (unpaired) electrons. The van der Waals surface area contributed by atoms with E-state index >= 15 is 0 Å². The zero-order valence-corrected chi connectivity index (χ0v) is 9.52. The molecular weight excluding hydrogens is 202 g/mol. The molecule has 3 heteroatoms. The van der Waals surface area contributed by atoms with Crippen LogP contribution < -0.4 is 4.74 Å². The third-order valence-corrected chi connectivity index (χ3v) is 3.88. The smallest absolute Gasteiger partial charge is 0.126 e. The number of phenolic OH excluding ortho intramolecular Hbond substituents is 1. The van der Waals surface area contributed by atoms with Gasteiger partial charge in [0, 0.05) is 11.5 Å². The second kappa shape index (κ2) is 3.67. The van der Waals surface area contributed by atoms with Crippen molar-refractivity contribution in [1.82, 2.24) is 4.90 Å². The fourth-order valence-corrected chi connectivity index (χ4v) is 3.01. The van der Waals surface area contributed by atoms with Gasteiger partial charge in [-0.3, -0.25) is 4.90 Å². The van der Waals surface area contributed by atoms with E-state index in [0.717, 1.165) is 30.9 Å². The van der Waals surface area contributed by atoms with E-state index in [2.05, 4.69) is 11.9 Å². The first-order valence-corrected chi connectivity index (χ1v) is 5.92. The van der Waals surface area contributed by atoms with Crippen molar-refractivity contribution in [3.8, 4) is 11.5 Å². The lowest BCUT2D eigenvalue weighted by Gasteiger charge is -2.42. The molecule has 3 nitrogen and oxygen atoms in total. The maximum Gasteiger partial charge on any atom is 0.126 e. The normalized spacial score (nSPS) is 29.1. The first kappa shape index (κ1) is 9.97. The van der Waals surface area contributed by atoms with Gasteiger partial charge < -0.3 is 9.84 Å². The van der Waals surface area contributed by atoms with Crippen LogP contribution in [0.5, 0.6) is 11.5 Å². The van der Waals surface area contributed by atoms with Gasteiger partial charge in [0.05, 0.1) is 6.04 Å². The summed E-state index contributed by atoms with van der Waals surface area (Å²) in [6, 6.07) is 6.00. The molecule has 2 aliphatic heterocycles. The Morgan fingerprint density at radius 1 is 1.44 bits per heavy atom. The maximum atomic E-state index is 9.98. The van der Waals surface area contributed by atoms with E-state index in [-0.39, 0.29) is 0 Å². The lowest BCUT2D eigenvalue weighted by molar-refractivity contribution is 0.0853. The Bertz CT molecular complexity index is 405. The largest absolute Gasteiger partial charge is 0.508 e. The average Bonchev–Trinajstić information content (AvgIpc) is 2.29. The van der Waals surface area contributed by atoms with E-state index in [9.17, 15) is 5.11 Å². The summed E-state index contributed by atoms with van der Waals surface area (Å²) in [5.74, 6) is 1.70. The predicted molar refractivity (Wildman–Crippen MR) is 62.0 cm³/mol. The molecule has 2 aliphatic rings. The van der Waals surface area contributed by atoms with Crippen molar-refractivity contribution < 1.29 is 9.84 Å². The summed E-state index contributed by atoms with van der Waals surface area (Å²) in [4.78, 5) is 2.35. The van der Waals surface area contributed by atoms with Gasteiger partial charge in [0.15, 0.2) is 0 Å². The van der Waals surface area contributed by atoms with Crippen molar-refractivity contribution in [1.29, 1.82) is 0 Å². The van der Waals surface area contributed by atoms with Crippen LogP contribution in [-0.2, 0) is 0 Å². The molecule has 2 atom stereocenters. The molecule has 0 amide bonds. The summed E-state index contributed by atoms with van der Waals surface area (Å²) in [6.45, 7) is 1.88. The minimum atomic E-state index is 0.391. The molecule has 1 fully saturated rings. The predicted octanol–water partition coefficient (Wildman–Crippen LogP) is 1.96. The monoisotopic (exact) mass is 219 g/mol. The van der Waals surface area contributed by atoms with Gasteiger partial charge >= 0.3 is 0 Å². The molecular formula is C13H17NO2. The van der Waals surface area contributed by atoms with Crippen LogP contribution in [0.2, 0.25) is 0 Å². The van der Waals surface area contributed by atoms with Gasteiger partial charge in [0.2, 0.25) is 0 Å². The van der Waals surface area contributed by atoms with Gasteiger partial charge in [0.25, 0.3) is 0 Å². The number of likely N-dealkylation sites (N-methyl/N-ethyl adjacent to an activating group) is 1. The number of benzene rings is 1. The molecule has 0 unspecified atom stereocenters. The van der Waals surface area contributed by atoms with E-state index in [1.54, 1.807) is 6.07 Å². The van der Waals surface area contributed by atoms with Gasteiger partial charge in [-0.2, -0.15) is 0 Å². The number of aromatic hydroxyl groups is 1. The highest BCUT2D eigenvalue weighted by Gasteiger charge is 2.37. The number of likely N-dealkylation sites (tertiary alicyclic amines) is 1. The molecule has 1 aromatic rings. The summed E-state index contributed by atoms with van der Waals surface area (Å²) in [5, 5.41) is 9.98. The summed E-state index contributed by atoms with van der Waals surface area (Å²) in [5.41, 5.74) is 1.02. The highest BCUT2D eigenvalue weighted by molar-refractivity contribution is 5.48. The van der Waals surface area contributed by atoms with Crippen LogP contribution in [0.1, 0.15) is 24.3 Å². The number of nitrogens with zero attached hydrogens (tertiary/aromatic N) is 1. The van der Waals surface area contributed by atoms with E-state index in [1.807, 2.05) is 12.1 Å². The van der Waals surface area contributed by atoms with Crippen LogP contribution >= 0.6 is 0 Å². The quantitative estimate of drug-likeness (QED) is 0.724. The number of hydrogen-bond acceptors (Lipinski definition) is 3. The molecule has 86 valence electrons. The second-order valence-electron chi connectivity index (χ2n) is 4.80. The third-order valence-electron chi connectivity index (χ3n) is 3.88. The number of piperidine rings is 1. The Morgan fingerprint density at radius 3 is 3.19 bits per heavy atom. The highest BCUT2D eigenvalue weighted by Crippen LogP contribution is 2.44. The average molecular weight is 219 g/mol. The fourth-order valence-electron chi connectivity index (χ4n) is 3.01. The van der Waals surface area contributed by atoms with Gasteiger partial charge in [-0.15, -0.1) is 0 Å². The molecule has 2 heterocycles. The summed E-state index contributed by atoms with van der Waals surface area (Å²) >= 11 is 0. The fraction of sp³-hybridized carbons (Fsp3) is 0.538. The van der Waals surface area contributed by atoms with Crippen LogP contribution in [0.4, 0.5) is 0 Å². The Morgan fingerprint density at radius 2 is 2.31 bits per heavy atom. The van der Waals surface area contributed by atoms with Gasteiger partial charge in [0.1, 0.15) is 18.1 Å². The summed E-state index contributed by atoms with van der Waals surface area (Å²) in [7, 11) is 2.14. The second-order valence-corrected chi connectivity index (χ2v) is 4.80. The first-order valence-electron chi connectivity index (χ1n) is 5.92. The van der Waals surface area contributed by atoms with Crippen molar-refractivity contribution in [2.24, 2.45) is 0 Å². The lowest BCUT2D eigenvalue weighted by Crippen LogP contribution is -2.47. The van der Waals surface area contributed by atoms with Gasteiger partial charge in [-0.25, -0.2) is 0 Å². The Balaban J connectivity index is 2.04. The molecule has 0 saturated carbocycles. The van der Waals surface area contributed by atoms with Gasteiger partial charge in [-0.05, 0) is 38.6 Å². The van der Waals surface area contributed by atoms with Crippen LogP contribution in [0.25, 0.3) is 0 Å². The standard InChI is InChI=1S/C13H17NO2/c1-14-7-3-4-9-10(14)8-16-12-6-2-5-11(15)13(9)12/h2,5-6,9-10,15H,3-4,7-8H2,1H3/t9-,10+/m1/s1. The zero-order chi connectivity index (χ0) is 11.1. The van der Waals surface area contributed by atoms with Crippen LogP contribution in [0, 0.1) is 0 Å². The van der Waals surface area contributed by atoms with Crippen molar-refractivity contribution in [3.63, 3.8) is 0 Å². The zero-order valence-electron chi connectivity index (χ0n) is 9.52. The molecule has 0 aromatic heterocycles. The summed E-state index contributed by atoms with van der Waals surface area (Å²) in [6.07, 6.45) is 2.36. The molecule has 0 spiro atoms. The van der Waals surface area contributed by atoms with E-state index in [4.69, 9.17) is 4.74 Å². The molecule has 1 N–H and O–H groups in total. The van der Waals surface area contributed by atoms with Crippen molar-refractivity contribution in [2.75, 3.05) is 20.2 Å². The number of fused-ring (bicyclic) bond motifs is 3. The number of phenols is 1. The van der Waals surface area contributed by atoms with Gasteiger partial charge in [-0.1, -0.05) is 6.07 Å². The van der Waals surface area contributed by atoms with E-state index < -0.39 is 0 Å². The number of ether oxygens (including phenoxy) is 1. The number of rotatable bonds is 0. The summed E-state index contributed by atoms with van der Waals surface area (Å²) < 4.78 is 5.74. The Hall–Kier alpha value is -1.22. The molecule has 3 rings (SSSR count). The first-order chi connectivity index (χ1) is 7.77. The minimum absolute atomic E-state index is 0.391. The Labute approximate surface area is 95.6 Å². The molecule has 0 bridgehead atoms. The number of hydrogen-bond donors (Lipinski definition) is 1. The molecule has 16 heavy (non-hydrogen) atoms. The molecule has 0 aliphatic carbocycles.